The molecule has 1 aliphatic rings. The largest absolute Gasteiger partial charge is 0.490 e. The topological polar surface area (TPSA) is 94.1 Å². The van der Waals surface area contributed by atoms with Crippen LogP contribution in [0.15, 0.2) is 40.5 Å². The van der Waals surface area contributed by atoms with Crippen LogP contribution < -0.4 is 15.2 Å². The minimum absolute atomic E-state index is 0.0714. The zero-order chi connectivity index (χ0) is 14.7. The van der Waals surface area contributed by atoms with Crippen molar-refractivity contribution in [2.75, 3.05) is 13.2 Å². The van der Waals surface area contributed by atoms with Crippen LogP contribution in [0.5, 0.6) is 11.5 Å². The smallest absolute Gasteiger partial charge is 0.193 e. The average molecular weight is 302 g/mol. The first-order chi connectivity index (χ1) is 10.2. The molecule has 2 heterocycles. The number of rotatable bonds is 3. The van der Waals surface area contributed by atoms with E-state index in [9.17, 15) is 0 Å². The van der Waals surface area contributed by atoms with Crippen LogP contribution >= 0.6 is 11.8 Å². The maximum absolute atomic E-state index is 7.40. The quantitative estimate of drug-likeness (QED) is 0.512. The first-order valence-corrected chi connectivity index (χ1v) is 7.29. The molecule has 0 atom stereocenters. The Labute approximate surface area is 126 Å². The molecule has 0 unspecified atom stereocenters. The number of nitrogens with one attached hydrogen (secondary N) is 1. The highest BCUT2D eigenvalue weighted by atomic mass is 32.2. The summed E-state index contributed by atoms with van der Waals surface area (Å²) in [7, 11) is 0. The van der Waals surface area contributed by atoms with Crippen LogP contribution in [-0.4, -0.2) is 29.0 Å². The van der Waals surface area contributed by atoms with Crippen molar-refractivity contribution < 1.29 is 9.47 Å². The molecule has 0 saturated heterocycles. The number of hydrogen-bond donors (Lipinski definition) is 2. The van der Waals surface area contributed by atoms with Crippen molar-refractivity contribution in [1.29, 1.82) is 5.41 Å². The molecule has 2 aromatic rings. The van der Waals surface area contributed by atoms with Crippen LogP contribution in [0.1, 0.15) is 12.1 Å². The summed E-state index contributed by atoms with van der Waals surface area (Å²) in [5.41, 5.74) is 5.85. The summed E-state index contributed by atoms with van der Waals surface area (Å²) in [6.45, 7) is 1.32. The number of nitrogen functional groups attached to an aromatic ring is 1. The highest BCUT2D eigenvalue weighted by Crippen LogP contribution is 2.35. The summed E-state index contributed by atoms with van der Waals surface area (Å²) < 4.78 is 11.2. The Kier molecular flexibility index (Phi) is 3.92. The third kappa shape index (κ3) is 3.25. The van der Waals surface area contributed by atoms with Gasteiger partial charge in [0.1, 0.15) is 11.5 Å². The number of nitrogens with two attached hydrogens (primary N) is 1. The van der Waals surface area contributed by atoms with Crippen molar-refractivity contribution in [3.8, 4) is 11.5 Å². The lowest BCUT2D eigenvalue weighted by Gasteiger charge is -2.08. The van der Waals surface area contributed by atoms with E-state index in [1.54, 1.807) is 12.3 Å². The number of nitrogens with zero attached hydrogens (tertiary/aromatic N) is 2. The van der Waals surface area contributed by atoms with Gasteiger partial charge in [-0.3, -0.25) is 5.41 Å². The van der Waals surface area contributed by atoms with Crippen LogP contribution in [0.4, 0.5) is 0 Å². The number of hydrogen-bond acceptors (Lipinski definition) is 6. The highest BCUT2D eigenvalue weighted by molar-refractivity contribution is 7.99. The minimum atomic E-state index is -0.0714. The Morgan fingerprint density at radius 3 is 2.81 bits per heavy atom. The number of ether oxygens (including phenoxy) is 2. The molecule has 1 aromatic carbocycles. The van der Waals surface area contributed by atoms with Crippen LogP contribution in [0.2, 0.25) is 0 Å². The predicted molar refractivity (Wildman–Crippen MR) is 79.2 cm³/mol. The van der Waals surface area contributed by atoms with Gasteiger partial charge in [-0.1, -0.05) is 0 Å². The second-order valence-corrected chi connectivity index (χ2v) is 5.44. The second-order valence-electron chi connectivity index (χ2n) is 4.40. The van der Waals surface area contributed by atoms with E-state index in [0.29, 0.717) is 24.1 Å². The van der Waals surface area contributed by atoms with Crippen molar-refractivity contribution in [2.45, 2.75) is 16.5 Å². The molecule has 1 aliphatic heterocycles. The van der Waals surface area contributed by atoms with E-state index in [0.717, 1.165) is 22.8 Å². The molecule has 0 saturated carbocycles. The van der Waals surface area contributed by atoms with Gasteiger partial charge in [0, 0.05) is 17.5 Å². The molecule has 0 fully saturated rings. The molecule has 0 aliphatic carbocycles. The SMILES string of the molecule is N=C(N)c1ccnc(Sc2ccc3c(c2)OCCCO3)n1. The zero-order valence-corrected chi connectivity index (χ0v) is 12.0. The third-order valence-electron chi connectivity index (χ3n) is 2.84. The van der Waals surface area contributed by atoms with Gasteiger partial charge >= 0.3 is 0 Å². The van der Waals surface area contributed by atoms with E-state index in [-0.39, 0.29) is 5.84 Å². The number of aromatic nitrogens is 2. The van der Waals surface area contributed by atoms with Gasteiger partial charge in [-0.05, 0) is 36.0 Å². The fourth-order valence-corrected chi connectivity index (χ4v) is 2.62. The molecule has 1 aromatic heterocycles. The Morgan fingerprint density at radius 1 is 1.19 bits per heavy atom. The number of amidine groups is 1. The van der Waals surface area contributed by atoms with Gasteiger partial charge in [-0.25, -0.2) is 9.97 Å². The third-order valence-corrected chi connectivity index (χ3v) is 3.71. The molecule has 0 radical (unpaired) electrons. The van der Waals surface area contributed by atoms with Crippen LogP contribution in [-0.2, 0) is 0 Å². The van der Waals surface area contributed by atoms with Crippen molar-refractivity contribution in [3.63, 3.8) is 0 Å². The van der Waals surface area contributed by atoms with Crippen LogP contribution in [0, 0.1) is 5.41 Å². The van der Waals surface area contributed by atoms with Gasteiger partial charge in [0.25, 0.3) is 0 Å². The van der Waals surface area contributed by atoms with Gasteiger partial charge in [-0.2, -0.15) is 0 Å². The molecule has 108 valence electrons. The Hall–Kier alpha value is -2.28. The standard InChI is InChI=1S/C14H14N4O2S/c15-13(16)10-4-5-17-14(18-10)21-9-2-3-11-12(8-9)20-7-1-6-19-11/h2-5,8H,1,6-7H2,(H3,15,16). The summed E-state index contributed by atoms with van der Waals surface area (Å²) >= 11 is 1.39. The van der Waals surface area contributed by atoms with Crippen molar-refractivity contribution in [1.82, 2.24) is 9.97 Å². The molecular formula is C14H14N4O2S. The summed E-state index contributed by atoms with van der Waals surface area (Å²) in [5.74, 6) is 1.42. The van der Waals surface area contributed by atoms with E-state index >= 15 is 0 Å². The van der Waals surface area contributed by atoms with Crippen molar-refractivity contribution >= 4 is 17.6 Å². The van der Waals surface area contributed by atoms with Gasteiger partial charge in [0.2, 0.25) is 0 Å². The Bertz CT molecular complexity index is 678. The molecule has 0 spiro atoms. The summed E-state index contributed by atoms with van der Waals surface area (Å²) in [6.07, 6.45) is 2.47. The number of fused-ring (bicyclic) bond motifs is 1. The maximum Gasteiger partial charge on any atom is 0.193 e. The second kappa shape index (κ2) is 6.01. The Balaban J connectivity index is 1.83. The van der Waals surface area contributed by atoms with E-state index in [1.807, 2.05) is 18.2 Å². The van der Waals surface area contributed by atoms with Crippen molar-refractivity contribution in [2.24, 2.45) is 5.73 Å². The molecule has 3 rings (SSSR count). The van der Waals surface area contributed by atoms with E-state index in [1.165, 1.54) is 11.8 Å². The van der Waals surface area contributed by atoms with Crippen LogP contribution in [0.3, 0.4) is 0 Å². The van der Waals surface area contributed by atoms with Gasteiger partial charge in [-0.15, -0.1) is 0 Å². The normalized spacial score (nSPS) is 13.5. The summed E-state index contributed by atoms with van der Waals surface area (Å²) in [5, 5.41) is 7.94. The summed E-state index contributed by atoms with van der Waals surface area (Å²) in [4.78, 5) is 9.35. The maximum atomic E-state index is 7.40. The van der Waals surface area contributed by atoms with Crippen LogP contribution in [0.25, 0.3) is 0 Å². The van der Waals surface area contributed by atoms with Gasteiger partial charge in [0.15, 0.2) is 16.7 Å². The van der Waals surface area contributed by atoms with E-state index in [4.69, 9.17) is 20.6 Å². The highest BCUT2D eigenvalue weighted by Gasteiger charge is 2.12. The Morgan fingerprint density at radius 2 is 2.00 bits per heavy atom. The molecule has 7 heteroatoms. The molecular weight excluding hydrogens is 288 g/mol. The first-order valence-electron chi connectivity index (χ1n) is 6.47. The van der Waals surface area contributed by atoms with E-state index in [2.05, 4.69) is 9.97 Å². The fourth-order valence-electron chi connectivity index (χ4n) is 1.85. The number of benzene rings is 1. The lowest BCUT2D eigenvalue weighted by atomic mass is 10.3. The lowest BCUT2D eigenvalue weighted by molar-refractivity contribution is 0.297. The van der Waals surface area contributed by atoms with Crippen molar-refractivity contribution in [3.05, 3.63) is 36.2 Å². The molecule has 6 nitrogen and oxygen atoms in total. The lowest BCUT2D eigenvalue weighted by Crippen LogP contribution is -2.13. The van der Waals surface area contributed by atoms with E-state index < -0.39 is 0 Å². The van der Waals surface area contributed by atoms with Gasteiger partial charge in [0.05, 0.1) is 13.2 Å². The molecule has 0 amide bonds. The predicted octanol–water partition coefficient (Wildman–Crippen LogP) is 2.07. The summed E-state index contributed by atoms with van der Waals surface area (Å²) in [6, 6.07) is 7.34. The molecule has 21 heavy (non-hydrogen) atoms. The average Bonchev–Trinajstić information content (AvgIpc) is 2.72. The zero-order valence-electron chi connectivity index (χ0n) is 11.2. The monoisotopic (exact) mass is 302 g/mol. The van der Waals surface area contributed by atoms with Gasteiger partial charge < -0.3 is 15.2 Å². The minimum Gasteiger partial charge on any atom is -0.490 e. The first kappa shape index (κ1) is 13.7. The molecule has 3 N–H and O–H groups in total. The molecule has 0 bridgehead atoms. The fraction of sp³-hybridized carbons (Fsp3) is 0.214.